The third-order valence-electron chi connectivity index (χ3n) is 2.93. The van der Waals surface area contributed by atoms with Gasteiger partial charge in [-0.2, -0.15) is 0 Å². The average molecular weight is 247 g/mol. The lowest BCUT2D eigenvalue weighted by atomic mass is 10.1. The molecule has 0 bridgehead atoms. The number of benzene rings is 1. The minimum Gasteiger partial charge on any atom is -0.394 e. The number of hydrogen-bond acceptors (Lipinski definition) is 2. The molecule has 0 radical (unpaired) electrons. The Labute approximate surface area is 109 Å². The van der Waals surface area contributed by atoms with Gasteiger partial charge in [0, 0.05) is 6.08 Å². The molecule has 0 heterocycles. The maximum atomic E-state index is 11.7. The van der Waals surface area contributed by atoms with Crippen LogP contribution >= 0.6 is 0 Å². The Morgan fingerprint density at radius 1 is 1.39 bits per heavy atom. The molecule has 1 unspecified atom stereocenters. The topological polar surface area (TPSA) is 49.3 Å². The summed E-state index contributed by atoms with van der Waals surface area (Å²) in [7, 11) is 0. The molecule has 0 aliphatic rings. The molecule has 1 aromatic rings. The maximum Gasteiger partial charge on any atom is 0.244 e. The van der Waals surface area contributed by atoms with Crippen LogP contribution in [-0.2, 0) is 4.79 Å². The first-order chi connectivity index (χ1) is 8.54. The molecule has 0 saturated carbocycles. The lowest BCUT2D eigenvalue weighted by Gasteiger charge is -2.18. The van der Waals surface area contributed by atoms with Gasteiger partial charge in [-0.3, -0.25) is 4.79 Å². The molecule has 1 aromatic carbocycles. The molecule has 98 valence electrons. The van der Waals surface area contributed by atoms with E-state index in [0.717, 1.165) is 11.1 Å². The van der Waals surface area contributed by atoms with E-state index in [1.54, 1.807) is 6.08 Å². The van der Waals surface area contributed by atoms with Crippen LogP contribution in [0.2, 0.25) is 0 Å². The van der Waals surface area contributed by atoms with E-state index in [1.807, 2.05) is 45.0 Å². The minimum absolute atomic E-state index is 0.0401. The standard InChI is InChI=1S/C15H21NO2/c1-11(2)14(10-17)16-15(18)9-8-13-7-5-4-6-12(13)3/h4-9,11,14,17H,10H2,1-3H3,(H,16,18)/b9-8+. The average Bonchev–Trinajstić information content (AvgIpc) is 2.34. The molecule has 1 rings (SSSR count). The zero-order valence-electron chi connectivity index (χ0n) is 11.2. The quantitative estimate of drug-likeness (QED) is 0.783. The predicted octanol–water partition coefficient (Wildman–Crippen LogP) is 2.14. The third-order valence-corrected chi connectivity index (χ3v) is 2.93. The van der Waals surface area contributed by atoms with E-state index >= 15 is 0 Å². The first-order valence-corrected chi connectivity index (χ1v) is 6.19. The summed E-state index contributed by atoms with van der Waals surface area (Å²) < 4.78 is 0. The van der Waals surface area contributed by atoms with Crippen molar-refractivity contribution in [3.8, 4) is 0 Å². The van der Waals surface area contributed by atoms with Gasteiger partial charge in [0.25, 0.3) is 0 Å². The van der Waals surface area contributed by atoms with Crippen LogP contribution in [-0.4, -0.2) is 23.7 Å². The Morgan fingerprint density at radius 3 is 2.61 bits per heavy atom. The fourth-order valence-corrected chi connectivity index (χ4v) is 1.59. The van der Waals surface area contributed by atoms with Crippen LogP contribution in [0.4, 0.5) is 0 Å². The van der Waals surface area contributed by atoms with Crippen LogP contribution in [0.15, 0.2) is 30.3 Å². The zero-order chi connectivity index (χ0) is 13.5. The van der Waals surface area contributed by atoms with Crippen molar-refractivity contribution in [1.29, 1.82) is 0 Å². The zero-order valence-corrected chi connectivity index (χ0v) is 11.2. The van der Waals surface area contributed by atoms with Crippen LogP contribution in [0.25, 0.3) is 6.08 Å². The van der Waals surface area contributed by atoms with Crippen LogP contribution in [0.1, 0.15) is 25.0 Å². The summed E-state index contributed by atoms with van der Waals surface area (Å²) in [5, 5.41) is 11.9. The van der Waals surface area contributed by atoms with Gasteiger partial charge in [0.05, 0.1) is 12.6 Å². The highest BCUT2D eigenvalue weighted by Gasteiger charge is 2.13. The fraction of sp³-hybridized carbons (Fsp3) is 0.400. The van der Waals surface area contributed by atoms with Gasteiger partial charge in [0.1, 0.15) is 0 Å². The number of amides is 1. The van der Waals surface area contributed by atoms with E-state index in [0.29, 0.717) is 0 Å². The second-order valence-corrected chi connectivity index (χ2v) is 4.73. The molecular formula is C15H21NO2. The third kappa shape index (κ3) is 4.34. The summed E-state index contributed by atoms with van der Waals surface area (Å²) in [6.07, 6.45) is 3.30. The largest absolute Gasteiger partial charge is 0.394 e. The van der Waals surface area contributed by atoms with Crippen molar-refractivity contribution in [3.05, 3.63) is 41.5 Å². The molecule has 2 N–H and O–H groups in total. The van der Waals surface area contributed by atoms with E-state index in [4.69, 9.17) is 5.11 Å². The Morgan fingerprint density at radius 2 is 2.06 bits per heavy atom. The van der Waals surface area contributed by atoms with Gasteiger partial charge >= 0.3 is 0 Å². The van der Waals surface area contributed by atoms with Gasteiger partial charge < -0.3 is 10.4 Å². The number of rotatable bonds is 5. The molecule has 1 amide bonds. The normalized spacial score (nSPS) is 12.9. The molecule has 0 aliphatic carbocycles. The van der Waals surface area contributed by atoms with Gasteiger partial charge in [-0.05, 0) is 30.0 Å². The number of carbonyl (C=O) groups is 1. The van der Waals surface area contributed by atoms with Crippen LogP contribution in [0.5, 0.6) is 0 Å². The number of aliphatic hydroxyl groups excluding tert-OH is 1. The van der Waals surface area contributed by atoms with Crippen LogP contribution < -0.4 is 5.32 Å². The van der Waals surface area contributed by atoms with Crippen molar-refractivity contribution in [1.82, 2.24) is 5.32 Å². The van der Waals surface area contributed by atoms with E-state index in [1.165, 1.54) is 6.08 Å². The van der Waals surface area contributed by atoms with E-state index < -0.39 is 0 Å². The highest BCUT2D eigenvalue weighted by molar-refractivity contribution is 5.92. The Balaban J connectivity index is 2.62. The van der Waals surface area contributed by atoms with E-state index in [2.05, 4.69) is 5.32 Å². The summed E-state index contributed by atoms with van der Waals surface area (Å²) in [5.41, 5.74) is 2.15. The molecule has 18 heavy (non-hydrogen) atoms. The first kappa shape index (κ1) is 14.5. The number of nitrogens with one attached hydrogen (secondary N) is 1. The van der Waals surface area contributed by atoms with Crippen LogP contribution in [0.3, 0.4) is 0 Å². The Hall–Kier alpha value is -1.61. The van der Waals surface area contributed by atoms with Gasteiger partial charge in [0.15, 0.2) is 0 Å². The Bertz CT molecular complexity index is 424. The number of carbonyl (C=O) groups excluding carboxylic acids is 1. The number of aryl methyl sites for hydroxylation is 1. The van der Waals surface area contributed by atoms with Gasteiger partial charge in [-0.15, -0.1) is 0 Å². The van der Waals surface area contributed by atoms with Crippen molar-refractivity contribution < 1.29 is 9.90 Å². The highest BCUT2D eigenvalue weighted by Crippen LogP contribution is 2.08. The van der Waals surface area contributed by atoms with Gasteiger partial charge in [-0.1, -0.05) is 38.1 Å². The minimum atomic E-state index is -0.195. The molecule has 1 atom stereocenters. The van der Waals surface area contributed by atoms with Crippen molar-refractivity contribution in [3.63, 3.8) is 0 Å². The molecule has 0 spiro atoms. The monoisotopic (exact) mass is 247 g/mol. The molecule has 0 aliphatic heterocycles. The predicted molar refractivity (Wildman–Crippen MR) is 74.1 cm³/mol. The van der Waals surface area contributed by atoms with E-state index in [-0.39, 0.29) is 24.5 Å². The van der Waals surface area contributed by atoms with Crippen molar-refractivity contribution in [2.75, 3.05) is 6.61 Å². The number of hydrogen-bond donors (Lipinski definition) is 2. The summed E-state index contributed by atoms with van der Waals surface area (Å²) in [4.78, 5) is 11.7. The smallest absolute Gasteiger partial charge is 0.244 e. The summed E-state index contributed by atoms with van der Waals surface area (Å²) in [6.45, 7) is 5.89. The fourth-order valence-electron chi connectivity index (χ4n) is 1.59. The molecule has 3 heteroatoms. The number of aliphatic hydroxyl groups is 1. The van der Waals surface area contributed by atoms with Gasteiger partial charge in [0.2, 0.25) is 5.91 Å². The molecule has 0 aromatic heterocycles. The lowest BCUT2D eigenvalue weighted by Crippen LogP contribution is -2.40. The highest BCUT2D eigenvalue weighted by atomic mass is 16.3. The summed E-state index contributed by atoms with van der Waals surface area (Å²) >= 11 is 0. The van der Waals surface area contributed by atoms with Gasteiger partial charge in [-0.25, -0.2) is 0 Å². The molecule has 3 nitrogen and oxygen atoms in total. The van der Waals surface area contributed by atoms with Crippen molar-refractivity contribution in [2.24, 2.45) is 5.92 Å². The summed E-state index contributed by atoms with van der Waals surface area (Å²) in [6, 6.07) is 7.68. The molecule has 0 saturated heterocycles. The molecule has 0 fully saturated rings. The lowest BCUT2D eigenvalue weighted by molar-refractivity contribution is -0.117. The van der Waals surface area contributed by atoms with Crippen molar-refractivity contribution in [2.45, 2.75) is 26.8 Å². The molecular weight excluding hydrogens is 226 g/mol. The Kier molecular flexibility index (Phi) is 5.59. The van der Waals surface area contributed by atoms with Crippen LogP contribution in [0, 0.1) is 12.8 Å². The van der Waals surface area contributed by atoms with E-state index in [9.17, 15) is 4.79 Å². The second-order valence-electron chi connectivity index (χ2n) is 4.73. The second kappa shape index (κ2) is 6.97. The maximum absolute atomic E-state index is 11.7. The summed E-state index contributed by atoms with van der Waals surface area (Å²) in [5.74, 6) is 0.0387. The SMILES string of the molecule is Cc1ccccc1/C=C/C(=O)NC(CO)C(C)C. The first-order valence-electron chi connectivity index (χ1n) is 6.19. The van der Waals surface area contributed by atoms with Crippen molar-refractivity contribution >= 4 is 12.0 Å².